The Morgan fingerprint density at radius 1 is 1.26 bits per heavy atom. The molecule has 1 rings (SSSR count). The Kier molecular flexibility index (Phi) is 5.86. The van der Waals surface area contributed by atoms with Crippen LogP contribution in [-0.2, 0) is 0 Å². The third-order valence-corrected chi connectivity index (χ3v) is 5.16. The van der Waals surface area contributed by atoms with Crippen molar-refractivity contribution >= 4 is 0 Å². The molecule has 1 aliphatic rings. The van der Waals surface area contributed by atoms with Gasteiger partial charge in [0.25, 0.3) is 0 Å². The van der Waals surface area contributed by atoms with Crippen molar-refractivity contribution in [3.05, 3.63) is 0 Å². The smallest absolute Gasteiger partial charge is 0.0672 e. The van der Waals surface area contributed by atoms with E-state index in [0.29, 0.717) is 17.5 Å². The van der Waals surface area contributed by atoms with Gasteiger partial charge in [0.05, 0.1) is 12.0 Å². The third-order valence-electron chi connectivity index (χ3n) is 5.16. The van der Waals surface area contributed by atoms with Crippen molar-refractivity contribution in [3.8, 4) is 6.07 Å². The summed E-state index contributed by atoms with van der Waals surface area (Å²) in [6.45, 7) is 14.9. The highest BCUT2D eigenvalue weighted by molar-refractivity contribution is 5.00. The van der Waals surface area contributed by atoms with Crippen molar-refractivity contribution < 1.29 is 0 Å². The van der Waals surface area contributed by atoms with Crippen molar-refractivity contribution in [2.24, 2.45) is 17.3 Å². The maximum Gasteiger partial charge on any atom is 0.0672 e. The molecule has 0 amide bonds. The summed E-state index contributed by atoms with van der Waals surface area (Å²) in [7, 11) is 0. The van der Waals surface area contributed by atoms with Crippen LogP contribution in [-0.4, -0.2) is 23.5 Å². The molecular weight excluding hydrogens is 232 g/mol. The van der Waals surface area contributed by atoms with E-state index in [2.05, 4.69) is 52.5 Å². The van der Waals surface area contributed by atoms with Crippen LogP contribution in [0.15, 0.2) is 0 Å². The molecule has 0 bridgehead atoms. The van der Waals surface area contributed by atoms with Crippen LogP contribution in [0.25, 0.3) is 0 Å². The summed E-state index contributed by atoms with van der Waals surface area (Å²) in [5, 5.41) is 9.47. The molecule has 0 saturated heterocycles. The minimum atomic E-state index is 0.229. The molecule has 1 fully saturated rings. The van der Waals surface area contributed by atoms with Gasteiger partial charge >= 0.3 is 0 Å². The van der Waals surface area contributed by atoms with Crippen molar-refractivity contribution in [3.63, 3.8) is 0 Å². The van der Waals surface area contributed by atoms with Gasteiger partial charge in [-0.2, -0.15) is 5.26 Å². The average molecular weight is 264 g/mol. The molecular formula is C17H32N2. The lowest BCUT2D eigenvalue weighted by Crippen LogP contribution is -2.49. The summed E-state index contributed by atoms with van der Waals surface area (Å²) in [4.78, 5) is 2.58. The topological polar surface area (TPSA) is 27.0 Å². The largest absolute Gasteiger partial charge is 0.297 e. The lowest BCUT2D eigenvalue weighted by molar-refractivity contribution is 0.0405. The number of nitrogens with zero attached hydrogens (tertiary/aromatic N) is 2. The van der Waals surface area contributed by atoms with E-state index in [1.807, 2.05) is 0 Å². The number of hydrogen-bond acceptors (Lipinski definition) is 2. The van der Waals surface area contributed by atoms with Crippen LogP contribution in [0.5, 0.6) is 0 Å². The summed E-state index contributed by atoms with van der Waals surface area (Å²) < 4.78 is 0. The Balaban J connectivity index is 2.88. The molecule has 0 aliphatic heterocycles. The SMILES string of the molecule is CCC(C)N(CC)C1CC(C(C)(C)C)CCC1C#N. The fourth-order valence-electron chi connectivity index (χ4n) is 3.56. The van der Waals surface area contributed by atoms with E-state index in [4.69, 9.17) is 0 Å². The second kappa shape index (κ2) is 6.75. The minimum Gasteiger partial charge on any atom is -0.297 e. The Hall–Kier alpha value is -0.550. The van der Waals surface area contributed by atoms with Crippen LogP contribution < -0.4 is 0 Å². The highest BCUT2D eigenvalue weighted by Crippen LogP contribution is 2.41. The Bertz CT molecular complexity index is 310. The van der Waals surface area contributed by atoms with Crippen molar-refractivity contribution in [1.29, 1.82) is 5.26 Å². The van der Waals surface area contributed by atoms with Crippen LogP contribution in [0.1, 0.15) is 67.2 Å². The first-order chi connectivity index (χ1) is 8.85. The predicted octanol–water partition coefficient (Wildman–Crippen LogP) is 4.46. The van der Waals surface area contributed by atoms with Gasteiger partial charge in [-0.25, -0.2) is 0 Å². The minimum absolute atomic E-state index is 0.229. The first kappa shape index (κ1) is 16.5. The molecule has 0 heterocycles. The van der Waals surface area contributed by atoms with E-state index >= 15 is 0 Å². The van der Waals surface area contributed by atoms with E-state index in [1.165, 1.54) is 19.3 Å². The van der Waals surface area contributed by atoms with Crippen LogP contribution in [0.3, 0.4) is 0 Å². The zero-order valence-electron chi connectivity index (χ0n) is 13.7. The Morgan fingerprint density at radius 2 is 1.89 bits per heavy atom. The first-order valence-corrected chi connectivity index (χ1v) is 8.00. The quantitative estimate of drug-likeness (QED) is 0.749. The summed E-state index contributed by atoms with van der Waals surface area (Å²) in [6, 6.07) is 3.63. The summed E-state index contributed by atoms with van der Waals surface area (Å²) >= 11 is 0. The summed E-state index contributed by atoms with van der Waals surface area (Å²) in [5.41, 5.74) is 0.369. The van der Waals surface area contributed by atoms with Crippen LogP contribution in [0, 0.1) is 28.6 Å². The van der Waals surface area contributed by atoms with Gasteiger partial charge in [0.2, 0.25) is 0 Å². The Labute approximate surface area is 120 Å². The van der Waals surface area contributed by atoms with E-state index in [-0.39, 0.29) is 5.92 Å². The zero-order chi connectivity index (χ0) is 14.6. The maximum absolute atomic E-state index is 9.47. The maximum atomic E-state index is 9.47. The lowest BCUT2D eigenvalue weighted by atomic mass is 9.67. The normalized spacial score (nSPS) is 30.1. The monoisotopic (exact) mass is 264 g/mol. The van der Waals surface area contributed by atoms with Gasteiger partial charge in [0, 0.05) is 12.1 Å². The van der Waals surface area contributed by atoms with E-state index < -0.39 is 0 Å². The molecule has 0 spiro atoms. The van der Waals surface area contributed by atoms with Crippen LogP contribution in [0.4, 0.5) is 0 Å². The molecule has 0 aromatic heterocycles. The third kappa shape index (κ3) is 3.96. The van der Waals surface area contributed by atoms with Crippen LogP contribution in [0.2, 0.25) is 0 Å². The molecule has 2 nitrogen and oxygen atoms in total. The molecule has 1 aliphatic carbocycles. The molecule has 4 unspecified atom stereocenters. The number of rotatable bonds is 4. The summed E-state index contributed by atoms with van der Waals surface area (Å²) in [6.07, 6.45) is 4.66. The predicted molar refractivity (Wildman–Crippen MR) is 81.8 cm³/mol. The number of hydrogen-bond donors (Lipinski definition) is 0. The number of nitriles is 1. The van der Waals surface area contributed by atoms with Gasteiger partial charge in [0.15, 0.2) is 0 Å². The lowest BCUT2D eigenvalue weighted by Gasteiger charge is -2.46. The van der Waals surface area contributed by atoms with Gasteiger partial charge < -0.3 is 0 Å². The molecule has 1 saturated carbocycles. The molecule has 0 aromatic rings. The molecule has 4 atom stereocenters. The van der Waals surface area contributed by atoms with Gasteiger partial charge in [-0.05, 0) is 50.5 Å². The van der Waals surface area contributed by atoms with Gasteiger partial charge in [-0.1, -0.05) is 34.6 Å². The van der Waals surface area contributed by atoms with Gasteiger partial charge in [0.1, 0.15) is 0 Å². The second-order valence-corrected chi connectivity index (χ2v) is 7.27. The molecule has 0 N–H and O–H groups in total. The van der Waals surface area contributed by atoms with Crippen molar-refractivity contribution in [2.75, 3.05) is 6.54 Å². The second-order valence-electron chi connectivity index (χ2n) is 7.27. The van der Waals surface area contributed by atoms with E-state index in [0.717, 1.165) is 18.9 Å². The van der Waals surface area contributed by atoms with Gasteiger partial charge in [-0.15, -0.1) is 0 Å². The summed E-state index contributed by atoms with van der Waals surface area (Å²) in [5.74, 6) is 0.979. The molecule has 19 heavy (non-hydrogen) atoms. The molecule has 2 heteroatoms. The molecule has 110 valence electrons. The van der Waals surface area contributed by atoms with E-state index in [9.17, 15) is 5.26 Å². The first-order valence-electron chi connectivity index (χ1n) is 8.00. The van der Waals surface area contributed by atoms with Crippen LogP contribution >= 0.6 is 0 Å². The van der Waals surface area contributed by atoms with E-state index in [1.54, 1.807) is 0 Å². The molecule has 0 radical (unpaired) electrons. The van der Waals surface area contributed by atoms with Crippen molar-refractivity contribution in [2.45, 2.75) is 79.3 Å². The highest BCUT2D eigenvalue weighted by atomic mass is 15.2. The standard InChI is InChI=1S/C17H32N2/c1-7-13(3)19(8-2)16-11-15(17(4,5)6)10-9-14(16)12-18/h13-16H,7-11H2,1-6H3. The Morgan fingerprint density at radius 3 is 2.32 bits per heavy atom. The molecule has 0 aromatic carbocycles. The van der Waals surface area contributed by atoms with Crippen molar-refractivity contribution in [1.82, 2.24) is 4.90 Å². The fourth-order valence-corrected chi connectivity index (χ4v) is 3.56. The zero-order valence-corrected chi connectivity index (χ0v) is 13.7. The fraction of sp³-hybridized carbons (Fsp3) is 0.941. The highest BCUT2D eigenvalue weighted by Gasteiger charge is 2.39. The van der Waals surface area contributed by atoms with Gasteiger partial charge in [-0.3, -0.25) is 4.90 Å². The average Bonchev–Trinajstić information content (AvgIpc) is 2.38.